The number of hydrogen-bond acceptors (Lipinski definition) is 2. The molecular weight excluding hydrogens is 231 g/mol. The summed E-state index contributed by atoms with van der Waals surface area (Å²) in [5, 5.41) is 7.44. The first-order chi connectivity index (χ1) is 8.66. The fourth-order valence-corrected chi connectivity index (χ4v) is 1.56. The van der Waals surface area contributed by atoms with Crippen LogP contribution in [0.25, 0.3) is 0 Å². The molecular formula is C14H13FN2O. The van der Waals surface area contributed by atoms with Gasteiger partial charge in [0.15, 0.2) is 0 Å². The van der Waals surface area contributed by atoms with E-state index < -0.39 is 0 Å². The van der Waals surface area contributed by atoms with Crippen molar-refractivity contribution < 1.29 is 9.13 Å². The van der Waals surface area contributed by atoms with Gasteiger partial charge in [-0.25, -0.2) is 4.39 Å². The fraction of sp³-hybridized carbons (Fsp3) is 0.0714. The Morgan fingerprint density at radius 2 is 1.78 bits per heavy atom. The van der Waals surface area contributed by atoms with Crippen molar-refractivity contribution in [2.24, 2.45) is 5.73 Å². The van der Waals surface area contributed by atoms with Crippen molar-refractivity contribution in [3.63, 3.8) is 0 Å². The van der Waals surface area contributed by atoms with Crippen LogP contribution in [0.3, 0.4) is 0 Å². The smallest absolute Gasteiger partial charge is 0.130 e. The lowest BCUT2D eigenvalue weighted by Crippen LogP contribution is -2.13. The number of halogens is 1. The molecule has 0 atom stereocenters. The first kappa shape index (κ1) is 12.1. The second-order valence-corrected chi connectivity index (χ2v) is 3.82. The predicted molar refractivity (Wildman–Crippen MR) is 68.2 cm³/mol. The Kier molecular flexibility index (Phi) is 3.57. The molecule has 3 nitrogen and oxygen atoms in total. The number of para-hydroxylation sites is 1. The van der Waals surface area contributed by atoms with Crippen LogP contribution < -0.4 is 10.5 Å². The average Bonchev–Trinajstić information content (AvgIpc) is 2.38. The summed E-state index contributed by atoms with van der Waals surface area (Å²) in [6, 6.07) is 13.2. The summed E-state index contributed by atoms with van der Waals surface area (Å²) in [6.07, 6.45) is 0. The second-order valence-electron chi connectivity index (χ2n) is 3.82. The lowest BCUT2D eigenvalue weighted by atomic mass is 10.2. The predicted octanol–water partition coefficient (Wildman–Crippen LogP) is 2.69. The van der Waals surface area contributed by atoms with Crippen molar-refractivity contribution in [3.8, 4) is 5.75 Å². The minimum atomic E-state index is -0.275. The molecule has 0 aliphatic heterocycles. The van der Waals surface area contributed by atoms with Crippen LogP contribution >= 0.6 is 0 Å². The molecule has 0 saturated heterocycles. The molecule has 0 aliphatic carbocycles. The molecule has 0 unspecified atom stereocenters. The van der Waals surface area contributed by atoms with Gasteiger partial charge in [0, 0.05) is 0 Å². The second kappa shape index (κ2) is 5.31. The van der Waals surface area contributed by atoms with Crippen LogP contribution in [0.15, 0.2) is 48.5 Å². The molecule has 18 heavy (non-hydrogen) atoms. The van der Waals surface area contributed by atoms with Crippen molar-refractivity contribution >= 4 is 5.84 Å². The summed E-state index contributed by atoms with van der Waals surface area (Å²) in [5.41, 5.74) is 6.87. The van der Waals surface area contributed by atoms with Crippen LogP contribution in [0.2, 0.25) is 0 Å². The largest absolute Gasteiger partial charge is 0.488 e. The maximum absolute atomic E-state index is 12.7. The van der Waals surface area contributed by atoms with Gasteiger partial charge in [0.2, 0.25) is 0 Å². The number of amidine groups is 1. The minimum Gasteiger partial charge on any atom is -0.488 e. The lowest BCUT2D eigenvalue weighted by molar-refractivity contribution is 0.305. The summed E-state index contributed by atoms with van der Waals surface area (Å²) in [6.45, 7) is 0.310. The van der Waals surface area contributed by atoms with Gasteiger partial charge in [-0.1, -0.05) is 24.3 Å². The van der Waals surface area contributed by atoms with Crippen molar-refractivity contribution in [1.29, 1.82) is 5.41 Å². The zero-order chi connectivity index (χ0) is 13.0. The van der Waals surface area contributed by atoms with Crippen LogP contribution in [0.5, 0.6) is 5.75 Å². The first-order valence-electron chi connectivity index (χ1n) is 5.47. The Hall–Kier alpha value is -2.36. The third-order valence-electron chi connectivity index (χ3n) is 2.48. The van der Waals surface area contributed by atoms with E-state index in [1.807, 2.05) is 6.07 Å². The van der Waals surface area contributed by atoms with Gasteiger partial charge in [-0.2, -0.15) is 0 Å². The van der Waals surface area contributed by atoms with Crippen LogP contribution in [-0.2, 0) is 6.61 Å². The molecule has 0 saturated carbocycles. The van der Waals surface area contributed by atoms with Crippen LogP contribution in [0, 0.1) is 11.2 Å². The van der Waals surface area contributed by atoms with Crippen LogP contribution in [0.4, 0.5) is 4.39 Å². The highest BCUT2D eigenvalue weighted by Crippen LogP contribution is 2.18. The number of nitrogens with one attached hydrogen (secondary N) is 1. The summed E-state index contributed by atoms with van der Waals surface area (Å²) < 4.78 is 18.3. The standard InChI is InChI=1S/C14H13FN2O/c15-11-7-5-10(6-8-11)9-18-13-4-2-1-3-12(13)14(16)17/h1-8H,9H2,(H3,16,17). The van der Waals surface area contributed by atoms with Crippen molar-refractivity contribution in [1.82, 2.24) is 0 Å². The number of hydrogen-bond donors (Lipinski definition) is 2. The van der Waals surface area contributed by atoms with Gasteiger partial charge in [0.1, 0.15) is 24.0 Å². The summed E-state index contributed by atoms with van der Waals surface area (Å²) in [4.78, 5) is 0. The van der Waals surface area contributed by atoms with E-state index in [1.165, 1.54) is 12.1 Å². The van der Waals surface area contributed by atoms with E-state index in [0.29, 0.717) is 17.9 Å². The van der Waals surface area contributed by atoms with Crippen LogP contribution in [0.1, 0.15) is 11.1 Å². The van der Waals surface area contributed by atoms with Gasteiger partial charge in [-0.05, 0) is 29.8 Å². The molecule has 0 aliphatic rings. The maximum Gasteiger partial charge on any atom is 0.130 e. The molecule has 92 valence electrons. The molecule has 0 spiro atoms. The molecule has 0 fully saturated rings. The molecule has 2 aromatic rings. The topological polar surface area (TPSA) is 59.1 Å². The van der Waals surface area contributed by atoms with Gasteiger partial charge in [-0.3, -0.25) is 5.41 Å². The highest BCUT2D eigenvalue weighted by atomic mass is 19.1. The van der Waals surface area contributed by atoms with E-state index in [9.17, 15) is 4.39 Å². The zero-order valence-electron chi connectivity index (χ0n) is 9.69. The number of ether oxygens (including phenoxy) is 1. The molecule has 0 amide bonds. The SMILES string of the molecule is N=C(N)c1ccccc1OCc1ccc(F)cc1. The molecule has 0 bridgehead atoms. The van der Waals surface area contributed by atoms with E-state index in [-0.39, 0.29) is 11.7 Å². The third kappa shape index (κ3) is 2.85. The lowest BCUT2D eigenvalue weighted by Gasteiger charge is -2.10. The van der Waals surface area contributed by atoms with Gasteiger partial charge < -0.3 is 10.5 Å². The van der Waals surface area contributed by atoms with Gasteiger partial charge in [0.25, 0.3) is 0 Å². The van der Waals surface area contributed by atoms with Gasteiger partial charge in [-0.15, -0.1) is 0 Å². The van der Waals surface area contributed by atoms with E-state index >= 15 is 0 Å². The Bertz CT molecular complexity index is 552. The Labute approximate surface area is 105 Å². The number of nitrogen functional groups attached to an aromatic ring is 1. The molecule has 2 aromatic carbocycles. The van der Waals surface area contributed by atoms with E-state index in [0.717, 1.165) is 5.56 Å². The molecule has 0 aromatic heterocycles. The van der Waals surface area contributed by atoms with E-state index in [2.05, 4.69) is 0 Å². The molecule has 4 heteroatoms. The quantitative estimate of drug-likeness (QED) is 0.641. The Balaban J connectivity index is 2.10. The van der Waals surface area contributed by atoms with Crippen molar-refractivity contribution in [2.45, 2.75) is 6.61 Å². The molecule has 0 radical (unpaired) electrons. The zero-order valence-corrected chi connectivity index (χ0v) is 9.69. The molecule has 2 rings (SSSR count). The Morgan fingerprint density at radius 1 is 1.11 bits per heavy atom. The number of rotatable bonds is 4. The van der Waals surface area contributed by atoms with Crippen LogP contribution in [-0.4, -0.2) is 5.84 Å². The average molecular weight is 244 g/mol. The minimum absolute atomic E-state index is 0.0373. The normalized spacial score (nSPS) is 10.1. The third-order valence-corrected chi connectivity index (χ3v) is 2.48. The molecule has 3 N–H and O–H groups in total. The fourth-order valence-electron chi connectivity index (χ4n) is 1.56. The number of nitrogens with two attached hydrogens (primary N) is 1. The molecule has 0 heterocycles. The van der Waals surface area contributed by atoms with E-state index in [1.54, 1.807) is 30.3 Å². The monoisotopic (exact) mass is 244 g/mol. The number of benzene rings is 2. The van der Waals surface area contributed by atoms with Gasteiger partial charge in [0.05, 0.1) is 5.56 Å². The summed E-state index contributed by atoms with van der Waals surface area (Å²) >= 11 is 0. The van der Waals surface area contributed by atoms with Crippen molar-refractivity contribution in [3.05, 3.63) is 65.5 Å². The summed E-state index contributed by atoms with van der Waals surface area (Å²) in [5.74, 6) is 0.238. The highest BCUT2D eigenvalue weighted by molar-refractivity contribution is 5.97. The summed E-state index contributed by atoms with van der Waals surface area (Å²) in [7, 11) is 0. The van der Waals surface area contributed by atoms with Crippen molar-refractivity contribution in [2.75, 3.05) is 0 Å². The van der Waals surface area contributed by atoms with E-state index in [4.69, 9.17) is 15.9 Å². The van der Waals surface area contributed by atoms with Gasteiger partial charge >= 0.3 is 0 Å². The highest BCUT2D eigenvalue weighted by Gasteiger charge is 2.05. The maximum atomic E-state index is 12.7. The first-order valence-corrected chi connectivity index (χ1v) is 5.47. The Morgan fingerprint density at radius 3 is 2.44 bits per heavy atom.